The molecule has 0 unspecified atom stereocenters. The quantitative estimate of drug-likeness (QED) is 0.802. The van der Waals surface area contributed by atoms with E-state index in [0.29, 0.717) is 12.5 Å². The van der Waals surface area contributed by atoms with Crippen LogP contribution in [0.1, 0.15) is 31.6 Å². The van der Waals surface area contributed by atoms with Crippen molar-refractivity contribution in [2.24, 2.45) is 0 Å². The number of thiazole rings is 1. The summed E-state index contributed by atoms with van der Waals surface area (Å²) >= 11 is 1.74. The number of ether oxygens (including phenoxy) is 1. The first-order valence-corrected chi connectivity index (χ1v) is 6.72. The van der Waals surface area contributed by atoms with Crippen molar-refractivity contribution in [3.8, 4) is 16.3 Å². The van der Waals surface area contributed by atoms with Crippen LogP contribution in [0.3, 0.4) is 0 Å². The van der Waals surface area contributed by atoms with Gasteiger partial charge in [-0.05, 0) is 25.0 Å². The lowest BCUT2D eigenvalue weighted by atomic mass is 10.2. The zero-order valence-corrected chi connectivity index (χ0v) is 11.3. The molecule has 0 amide bonds. The molecule has 3 heteroatoms. The number of rotatable bonds is 4. The molecule has 0 radical (unpaired) electrons. The van der Waals surface area contributed by atoms with E-state index < -0.39 is 0 Å². The van der Waals surface area contributed by atoms with Gasteiger partial charge in [-0.2, -0.15) is 0 Å². The number of hydrogen-bond donors (Lipinski definition) is 0. The lowest BCUT2D eigenvalue weighted by Crippen LogP contribution is -1.93. The highest BCUT2D eigenvalue weighted by Gasteiger charge is 2.11. The van der Waals surface area contributed by atoms with Crippen LogP contribution in [0.25, 0.3) is 10.6 Å². The Kier molecular flexibility index (Phi) is 3.79. The molecule has 0 atom stereocenters. The topological polar surface area (TPSA) is 22.1 Å². The van der Waals surface area contributed by atoms with E-state index in [2.05, 4.69) is 24.9 Å². The van der Waals surface area contributed by atoms with Gasteiger partial charge in [-0.3, -0.25) is 0 Å². The number of benzene rings is 1. The lowest BCUT2D eigenvalue weighted by Gasteiger charge is -2.07. The van der Waals surface area contributed by atoms with E-state index in [4.69, 9.17) is 4.74 Å². The highest BCUT2D eigenvalue weighted by atomic mass is 32.1. The maximum absolute atomic E-state index is 5.63. The molecule has 0 spiro atoms. The van der Waals surface area contributed by atoms with Gasteiger partial charge in [0.2, 0.25) is 0 Å². The Morgan fingerprint density at radius 2 is 2.06 bits per heavy atom. The van der Waals surface area contributed by atoms with E-state index in [1.807, 2.05) is 31.3 Å². The summed E-state index contributed by atoms with van der Waals surface area (Å²) in [5, 5.41) is 1.04. The van der Waals surface area contributed by atoms with Crippen LogP contribution in [0.4, 0.5) is 0 Å². The predicted octanol–water partition coefficient (Wildman–Crippen LogP) is 4.33. The standard InChI is InChI=1S/C14H17NOS/c1-4-16-12-8-6-5-7-11(12)14-15-9-13(17-14)10(2)3/h5-10H,4H2,1-3H3. The minimum atomic E-state index is 0.528. The van der Waals surface area contributed by atoms with Crippen molar-refractivity contribution in [3.63, 3.8) is 0 Å². The predicted molar refractivity (Wildman–Crippen MR) is 72.8 cm³/mol. The molecule has 0 aliphatic rings. The number of para-hydroxylation sites is 1. The summed E-state index contributed by atoms with van der Waals surface area (Å²) in [7, 11) is 0. The van der Waals surface area contributed by atoms with Crippen LogP contribution < -0.4 is 4.74 Å². The molecule has 0 aliphatic heterocycles. The summed E-state index contributed by atoms with van der Waals surface area (Å²) < 4.78 is 5.63. The van der Waals surface area contributed by atoms with Crippen molar-refractivity contribution < 1.29 is 4.74 Å². The highest BCUT2D eigenvalue weighted by molar-refractivity contribution is 7.15. The molecular formula is C14H17NOS. The van der Waals surface area contributed by atoms with E-state index >= 15 is 0 Å². The van der Waals surface area contributed by atoms with Crippen molar-refractivity contribution in [2.45, 2.75) is 26.7 Å². The summed E-state index contributed by atoms with van der Waals surface area (Å²) in [6.07, 6.45) is 1.97. The largest absolute Gasteiger partial charge is 0.493 e. The SMILES string of the molecule is CCOc1ccccc1-c1ncc(C(C)C)s1. The van der Waals surface area contributed by atoms with Crippen LogP contribution in [0, 0.1) is 0 Å². The van der Waals surface area contributed by atoms with Crippen LogP contribution in [0.15, 0.2) is 30.5 Å². The van der Waals surface area contributed by atoms with E-state index in [9.17, 15) is 0 Å². The molecule has 0 aliphatic carbocycles. The van der Waals surface area contributed by atoms with Crippen molar-refractivity contribution in [3.05, 3.63) is 35.3 Å². The third kappa shape index (κ3) is 2.67. The second-order valence-electron chi connectivity index (χ2n) is 4.15. The zero-order valence-electron chi connectivity index (χ0n) is 10.4. The normalized spacial score (nSPS) is 10.8. The molecule has 0 fully saturated rings. The number of nitrogens with zero attached hydrogens (tertiary/aromatic N) is 1. The van der Waals surface area contributed by atoms with Gasteiger partial charge in [-0.15, -0.1) is 11.3 Å². The smallest absolute Gasteiger partial charge is 0.129 e. The summed E-state index contributed by atoms with van der Waals surface area (Å²) in [6, 6.07) is 8.07. The minimum absolute atomic E-state index is 0.528. The Morgan fingerprint density at radius 1 is 1.29 bits per heavy atom. The molecule has 1 heterocycles. The van der Waals surface area contributed by atoms with Crippen LogP contribution in [-0.2, 0) is 0 Å². The third-order valence-electron chi connectivity index (χ3n) is 2.51. The summed E-state index contributed by atoms with van der Waals surface area (Å²) in [6.45, 7) is 7.05. The molecule has 0 bridgehead atoms. The second-order valence-corrected chi connectivity index (χ2v) is 5.21. The molecule has 17 heavy (non-hydrogen) atoms. The van der Waals surface area contributed by atoms with Crippen molar-refractivity contribution in [2.75, 3.05) is 6.61 Å². The molecule has 0 N–H and O–H groups in total. The number of aromatic nitrogens is 1. The Labute approximate surface area is 106 Å². The van der Waals surface area contributed by atoms with Gasteiger partial charge in [-0.25, -0.2) is 4.98 Å². The van der Waals surface area contributed by atoms with Gasteiger partial charge in [0, 0.05) is 11.1 Å². The molecule has 0 saturated carbocycles. The van der Waals surface area contributed by atoms with Gasteiger partial charge in [0.15, 0.2) is 0 Å². The monoisotopic (exact) mass is 247 g/mol. The molecule has 1 aromatic heterocycles. The van der Waals surface area contributed by atoms with E-state index in [1.54, 1.807) is 11.3 Å². The first-order chi connectivity index (χ1) is 8.22. The van der Waals surface area contributed by atoms with Gasteiger partial charge < -0.3 is 4.74 Å². The average molecular weight is 247 g/mol. The van der Waals surface area contributed by atoms with Crippen LogP contribution in [-0.4, -0.2) is 11.6 Å². The third-order valence-corrected chi connectivity index (χ3v) is 3.84. The van der Waals surface area contributed by atoms with Gasteiger partial charge in [0.25, 0.3) is 0 Å². The van der Waals surface area contributed by atoms with E-state index in [-0.39, 0.29) is 0 Å². The average Bonchev–Trinajstić information content (AvgIpc) is 2.79. The first kappa shape index (κ1) is 12.1. The Bertz CT molecular complexity index is 490. The Hall–Kier alpha value is -1.35. The van der Waals surface area contributed by atoms with Gasteiger partial charge >= 0.3 is 0 Å². The van der Waals surface area contributed by atoms with Gasteiger partial charge in [0.1, 0.15) is 10.8 Å². The molecule has 1 aromatic carbocycles. The van der Waals surface area contributed by atoms with E-state index in [0.717, 1.165) is 16.3 Å². The fraction of sp³-hybridized carbons (Fsp3) is 0.357. The zero-order chi connectivity index (χ0) is 12.3. The maximum Gasteiger partial charge on any atom is 0.129 e. The maximum atomic E-state index is 5.63. The Morgan fingerprint density at radius 3 is 2.71 bits per heavy atom. The fourth-order valence-corrected chi connectivity index (χ4v) is 2.55. The van der Waals surface area contributed by atoms with Crippen molar-refractivity contribution in [1.82, 2.24) is 4.98 Å². The lowest BCUT2D eigenvalue weighted by molar-refractivity contribution is 0.341. The van der Waals surface area contributed by atoms with E-state index in [1.165, 1.54) is 4.88 Å². The second kappa shape index (κ2) is 5.32. The minimum Gasteiger partial charge on any atom is -0.493 e. The Balaban J connectivity index is 2.38. The highest BCUT2D eigenvalue weighted by Crippen LogP contribution is 2.34. The number of hydrogen-bond acceptors (Lipinski definition) is 3. The van der Waals surface area contributed by atoms with Crippen LogP contribution in [0.2, 0.25) is 0 Å². The van der Waals surface area contributed by atoms with Gasteiger partial charge in [-0.1, -0.05) is 26.0 Å². The van der Waals surface area contributed by atoms with Crippen LogP contribution in [0.5, 0.6) is 5.75 Å². The van der Waals surface area contributed by atoms with Crippen molar-refractivity contribution >= 4 is 11.3 Å². The van der Waals surface area contributed by atoms with Crippen LogP contribution >= 0.6 is 11.3 Å². The molecule has 90 valence electrons. The molecular weight excluding hydrogens is 230 g/mol. The first-order valence-electron chi connectivity index (χ1n) is 5.90. The van der Waals surface area contributed by atoms with Gasteiger partial charge in [0.05, 0.1) is 12.2 Å². The summed E-state index contributed by atoms with van der Waals surface area (Å²) in [4.78, 5) is 5.80. The van der Waals surface area contributed by atoms with Crippen molar-refractivity contribution in [1.29, 1.82) is 0 Å². The molecule has 2 rings (SSSR count). The summed E-state index contributed by atoms with van der Waals surface area (Å²) in [5.41, 5.74) is 1.09. The summed E-state index contributed by atoms with van der Waals surface area (Å²) in [5.74, 6) is 1.44. The molecule has 2 aromatic rings. The molecule has 0 saturated heterocycles. The molecule has 2 nitrogen and oxygen atoms in total. The fourth-order valence-electron chi connectivity index (χ4n) is 1.60.